The van der Waals surface area contributed by atoms with Gasteiger partial charge < -0.3 is 15.3 Å². The maximum Gasteiger partial charge on any atom is 0.246 e. The average molecular weight is 269 g/mol. The number of halogens is 1. The number of anilines is 1. The molecule has 0 aliphatic carbocycles. The number of aliphatic hydroxyl groups is 1. The van der Waals surface area contributed by atoms with Crippen molar-refractivity contribution >= 4 is 23.2 Å². The van der Waals surface area contributed by atoms with Crippen molar-refractivity contribution in [2.45, 2.75) is 25.4 Å². The van der Waals surface area contributed by atoms with Crippen molar-refractivity contribution in [1.82, 2.24) is 5.32 Å². The molecular weight excluding hydrogens is 252 g/mol. The third-order valence-corrected chi connectivity index (χ3v) is 3.41. The van der Waals surface area contributed by atoms with Gasteiger partial charge in [0.15, 0.2) is 0 Å². The second-order valence-corrected chi connectivity index (χ2v) is 4.99. The summed E-state index contributed by atoms with van der Waals surface area (Å²) in [7, 11) is 0. The Labute approximate surface area is 112 Å². The van der Waals surface area contributed by atoms with Crippen molar-refractivity contribution in [3.8, 4) is 0 Å². The molecule has 0 spiro atoms. The van der Waals surface area contributed by atoms with E-state index in [4.69, 9.17) is 11.6 Å². The van der Waals surface area contributed by atoms with E-state index in [1.54, 1.807) is 17.0 Å². The predicted molar refractivity (Wildman–Crippen MR) is 71.9 cm³/mol. The molecule has 4 nitrogen and oxygen atoms in total. The number of hydrogen-bond donors (Lipinski definition) is 2. The Kier molecular flexibility index (Phi) is 4.22. The number of rotatable bonds is 2. The van der Waals surface area contributed by atoms with Crippen LogP contribution in [0.3, 0.4) is 0 Å². The van der Waals surface area contributed by atoms with Gasteiger partial charge in [-0.2, -0.15) is 0 Å². The van der Waals surface area contributed by atoms with Crippen molar-refractivity contribution in [1.29, 1.82) is 0 Å². The zero-order valence-electron chi connectivity index (χ0n) is 10.3. The molecule has 98 valence electrons. The Morgan fingerprint density at radius 3 is 2.72 bits per heavy atom. The molecule has 1 heterocycles. The van der Waals surface area contributed by atoms with Crippen molar-refractivity contribution in [2.24, 2.45) is 0 Å². The summed E-state index contributed by atoms with van der Waals surface area (Å²) in [5, 5.41) is 13.0. The number of nitrogens with one attached hydrogen (secondary N) is 1. The van der Waals surface area contributed by atoms with Gasteiger partial charge in [0.05, 0.1) is 6.61 Å². The van der Waals surface area contributed by atoms with E-state index in [1.165, 1.54) is 0 Å². The monoisotopic (exact) mass is 268 g/mol. The lowest BCUT2D eigenvalue weighted by atomic mass is 10.2. The summed E-state index contributed by atoms with van der Waals surface area (Å²) in [5.74, 6) is -0.0934. The normalized spacial score (nSPS) is 25.1. The number of amides is 1. The van der Waals surface area contributed by atoms with E-state index >= 15 is 0 Å². The second kappa shape index (κ2) is 5.69. The average Bonchev–Trinajstić information content (AvgIpc) is 2.51. The van der Waals surface area contributed by atoms with Gasteiger partial charge in [0.2, 0.25) is 5.91 Å². The van der Waals surface area contributed by atoms with Crippen LogP contribution in [0.1, 0.15) is 13.3 Å². The molecule has 2 N–H and O–H groups in total. The molecular formula is C13H17ClN2O2. The lowest BCUT2D eigenvalue weighted by molar-refractivity contribution is -0.121. The van der Waals surface area contributed by atoms with Crippen LogP contribution in [0.5, 0.6) is 0 Å². The smallest absolute Gasteiger partial charge is 0.246 e. The molecule has 0 saturated carbocycles. The highest BCUT2D eigenvalue weighted by Gasteiger charge is 2.29. The first-order valence-corrected chi connectivity index (χ1v) is 6.43. The summed E-state index contributed by atoms with van der Waals surface area (Å²) in [6.07, 6.45) is 0.852. The fraction of sp³-hybridized carbons (Fsp3) is 0.462. The molecule has 1 aromatic rings. The van der Waals surface area contributed by atoms with Crippen LogP contribution >= 0.6 is 11.6 Å². The number of carbonyl (C=O) groups is 1. The highest BCUT2D eigenvalue weighted by Crippen LogP contribution is 2.21. The maximum absolute atomic E-state index is 12.3. The molecule has 2 unspecified atom stereocenters. The Balaban J connectivity index is 2.25. The molecule has 1 amide bonds. The SMILES string of the molecule is CC1CCN(c2ccc(Cl)cc2)C(=O)C(CO)N1. The van der Waals surface area contributed by atoms with Crippen LogP contribution < -0.4 is 10.2 Å². The van der Waals surface area contributed by atoms with E-state index < -0.39 is 6.04 Å². The largest absolute Gasteiger partial charge is 0.394 e. The molecule has 1 aliphatic rings. The minimum Gasteiger partial charge on any atom is -0.394 e. The quantitative estimate of drug-likeness (QED) is 0.853. The third kappa shape index (κ3) is 2.83. The number of nitrogens with zero attached hydrogens (tertiary/aromatic N) is 1. The molecule has 1 aliphatic heterocycles. The van der Waals surface area contributed by atoms with Gasteiger partial charge in [0.25, 0.3) is 0 Å². The first kappa shape index (κ1) is 13.3. The van der Waals surface area contributed by atoms with Crippen LogP contribution in [-0.4, -0.2) is 36.2 Å². The van der Waals surface area contributed by atoms with E-state index in [2.05, 4.69) is 5.32 Å². The van der Waals surface area contributed by atoms with Gasteiger partial charge in [-0.1, -0.05) is 11.6 Å². The molecule has 0 radical (unpaired) electrons. The first-order valence-electron chi connectivity index (χ1n) is 6.05. The lowest BCUT2D eigenvalue weighted by Crippen LogP contribution is -2.47. The lowest BCUT2D eigenvalue weighted by Gasteiger charge is -2.23. The number of hydrogen-bond acceptors (Lipinski definition) is 3. The fourth-order valence-electron chi connectivity index (χ4n) is 2.13. The Bertz CT molecular complexity index is 422. The highest BCUT2D eigenvalue weighted by atomic mass is 35.5. The molecule has 1 saturated heterocycles. The zero-order valence-corrected chi connectivity index (χ0v) is 11.0. The van der Waals surface area contributed by atoms with Gasteiger partial charge >= 0.3 is 0 Å². The second-order valence-electron chi connectivity index (χ2n) is 4.56. The van der Waals surface area contributed by atoms with Crippen molar-refractivity contribution in [3.63, 3.8) is 0 Å². The summed E-state index contributed by atoms with van der Waals surface area (Å²) < 4.78 is 0. The van der Waals surface area contributed by atoms with Crippen LogP contribution in [0.15, 0.2) is 24.3 Å². The standard InChI is InChI=1S/C13H17ClN2O2/c1-9-6-7-16(13(18)12(8-17)15-9)11-4-2-10(14)3-5-11/h2-5,9,12,15,17H,6-8H2,1H3. The molecule has 1 fully saturated rings. The molecule has 5 heteroatoms. The Morgan fingerprint density at radius 1 is 1.44 bits per heavy atom. The van der Waals surface area contributed by atoms with Gasteiger partial charge in [-0.05, 0) is 37.6 Å². The summed E-state index contributed by atoms with van der Waals surface area (Å²) >= 11 is 5.84. The van der Waals surface area contributed by atoms with Crippen LogP contribution in [0.25, 0.3) is 0 Å². The molecule has 18 heavy (non-hydrogen) atoms. The van der Waals surface area contributed by atoms with Gasteiger partial charge in [-0.3, -0.25) is 4.79 Å². The van der Waals surface area contributed by atoms with Crippen molar-refractivity contribution < 1.29 is 9.90 Å². The van der Waals surface area contributed by atoms with E-state index in [1.807, 2.05) is 19.1 Å². The molecule has 2 rings (SSSR count). The van der Waals surface area contributed by atoms with Crippen LogP contribution in [0.4, 0.5) is 5.69 Å². The third-order valence-electron chi connectivity index (χ3n) is 3.16. The molecule has 2 atom stereocenters. The number of aliphatic hydroxyl groups excluding tert-OH is 1. The van der Waals surface area contributed by atoms with Gasteiger partial charge in [-0.15, -0.1) is 0 Å². The van der Waals surface area contributed by atoms with E-state index in [0.717, 1.165) is 12.1 Å². The fourth-order valence-corrected chi connectivity index (χ4v) is 2.25. The van der Waals surface area contributed by atoms with E-state index in [-0.39, 0.29) is 18.6 Å². The predicted octanol–water partition coefficient (Wildman–Crippen LogP) is 1.42. The summed E-state index contributed by atoms with van der Waals surface area (Å²) in [6, 6.07) is 6.86. The van der Waals surface area contributed by atoms with Crippen molar-refractivity contribution in [3.05, 3.63) is 29.3 Å². The van der Waals surface area contributed by atoms with E-state index in [9.17, 15) is 9.90 Å². The highest BCUT2D eigenvalue weighted by molar-refractivity contribution is 6.30. The maximum atomic E-state index is 12.3. The molecule has 0 bridgehead atoms. The minimum absolute atomic E-state index is 0.0934. The summed E-state index contributed by atoms with van der Waals surface area (Å²) in [5.41, 5.74) is 0.818. The first-order chi connectivity index (χ1) is 8.61. The van der Waals surface area contributed by atoms with Gasteiger partial charge in [0.1, 0.15) is 6.04 Å². The minimum atomic E-state index is -0.529. The van der Waals surface area contributed by atoms with Gasteiger partial charge in [-0.25, -0.2) is 0 Å². The van der Waals surface area contributed by atoms with Crippen LogP contribution in [0.2, 0.25) is 5.02 Å². The van der Waals surface area contributed by atoms with E-state index in [0.29, 0.717) is 11.6 Å². The topological polar surface area (TPSA) is 52.6 Å². The summed E-state index contributed by atoms with van der Waals surface area (Å²) in [4.78, 5) is 14.0. The molecule has 0 aromatic heterocycles. The Morgan fingerprint density at radius 2 is 2.11 bits per heavy atom. The number of carbonyl (C=O) groups excluding carboxylic acids is 1. The van der Waals surface area contributed by atoms with Crippen LogP contribution in [-0.2, 0) is 4.79 Å². The summed E-state index contributed by atoms with van der Waals surface area (Å²) in [6.45, 7) is 2.47. The molecule has 1 aromatic carbocycles. The Hall–Kier alpha value is -1.10. The van der Waals surface area contributed by atoms with Gasteiger partial charge in [0, 0.05) is 23.3 Å². The zero-order chi connectivity index (χ0) is 13.1. The van der Waals surface area contributed by atoms with Crippen LogP contribution in [0, 0.1) is 0 Å². The number of benzene rings is 1. The van der Waals surface area contributed by atoms with Crippen molar-refractivity contribution in [2.75, 3.05) is 18.1 Å².